The van der Waals surface area contributed by atoms with Crippen LogP contribution < -0.4 is 10.1 Å². The highest BCUT2D eigenvalue weighted by Crippen LogP contribution is 2.32. The summed E-state index contributed by atoms with van der Waals surface area (Å²) in [4.78, 5) is 0. The van der Waals surface area contributed by atoms with Crippen LogP contribution >= 0.6 is 0 Å². The molecule has 2 aromatic rings. The zero-order chi connectivity index (χ0) is 14.7. The maximum absolute atomic E-state index is 6.17. The molecular formula is C16H23N3O. The number of benzene rings is 1. The van der Waals surface area contributed by atoms with Gasteiger partial charge >= 0.3 is 0 Å². The molecule has 1 N–H and O–H groups in total. The minimum absolute atomic E-state index is 0.424. The van der Waals surface area contributed by atoms with Crippen molar-refractivity contribution in [2.24, 2.45) is 7.05 Å². The van der Waals surface area contributed by atoms with Crippen LogP contribution in [0.1, 0.15) is 36.6 Å². The van der Waals surface area contributed by atoms with Crippen LogP contribution in [0.3, 0.4) is 0 Å². The van der Waals surface area contributed by atoms with Crippen LogP contribution in [0.15, 0.2) is 24.3 Å². The monoisotopic (exact) mass is 273 g/mol. The van der Waals surface area contributed by atoms with Gasteiger partial charge in [0.2, 0.25) is 5.88 Å². The summed E-state index contributed by atoms with van der Waals surface area (Å²) in [7, 11) is 3.85. The number of rotatable bonds is 5. The van der Waals surface area contributed by atoms with E-state index in [1.165, 1.54) is 5.56 Å². The van der Waals surface area contributed by atoms with Crippen molar-refractivity contribution in [2.75, 3.05) is 7.05 Å². The van der Waals surface area contributed by atoms with E-state index in [-0.39, 0.29) is 0 Å². The molecule has 4 heteroatoms. The van der Waals surface area contributed by atoms with E-state index in [0.29, 0.717) is 5.92 Å². The third-order valence-electron chi connectivity index (χ3n) is 3.39. The summed E-state index contributed by atoms with van der Waals surface area (Å²) in [5.41, 5.74) is 3.31. The molecule has 0 unspecified atom stereocenters. The van der Waals surface area contributed by atoms with Crippen molar-refractivity contribution in [1.82, 2.24) is 15.1 Å². The Morgan fingerprint density at radius 2 is 2.00 bits per heavy atom. The van der Waals surface area contributed by atoms with E-state index in [2.05, 4.69) is 30.3 Å². The SMILES string of the molecule is CNCc1c(C)nn(C)c1Oc1ccccc1C(C)C. The lowest BCUT2D eigenvalue weighted by molar-refractivity contribution is 0.418. The van der Waals surface area contributed by atoms with Gasteiger partial charge in [0.1, 0.15) is 5.75 Å². The Labute approximate surface area is 120 Å². The van der Waals surface area contributed by atoms with Crippen LogP contribution in [0.4, 0.5) is 0 Å². The molecule has 0 bridgehead atoms. The predicted molar refractivity (Wildman–Crippen MR) is 81.3 cm³/mol. The van der Waals surface area contributed by atoms with Gasteiger partial charge in [0.25, 0.3) is 0 Å². The van der Waals surface area contributed by atoms with Gasteiger partial charge < -0.3 is 10.1 Å². The summed E-state index contributed by atoms with van der Waals surface area (Å²) in [6.45, 7) is 7.10. The second-order valence-electron chi connectivity index (χ2n) is 5.32. The number of aromatic nitrogens is 2. The Hall–Kier alpha value is -1.81. The van der Waals surface area contributed by atoms with Crippen LogP contribution in [-0.2, 0) is 13.6 Å². The van der Waals surface area contributed by atoms with Gasteiger partial charge in [-0.05, 0) is 31.5 Å². The molecule has 0 fully saturated rings. The molecule has 0 saturated carbocycles. The third kappa shape index (κ3) is 2.85. The van der Waals surface area contributed by atoms with E-state index in [9.17, 15) is 0 Å². The summed E-state index contributed by atoms with van der Waals surface area (Å²) in [5, 5.41) is 7.62. The average Bonchev–Trinajstić information content (AvgIpc) is 2.66. The first-order valence-corrected chi connectivity index (χ1v) is 6.98. The summed E-state index contributed by atoms with van der Waals surface area (Å²) in [5.74, 6) is 2.14. The molecule has 0 spiro atoms. The molecule has 1 aromatic heterocycles. The van der Waals surface area contributed by atoms with Gasteiger partial charge in [-0.2, -0.15) is 5.10 Å². The Balaban J connectivity index is 2.40. The molecule has 20 heavy (non-hydrogen) atoms. The summed E-state index contributed by atoms with van der Waals surface area (Å²) in [6, 6.07) is 8.18. The van der Waals surface area contributed by atoms with Gasteiger partial charge in [0, 0.05) is 13.6 Å². The van der Waals surface area contributed by atoms with E-state index in [0.717, 1.165) is 29.4 Å². The van der Waals surface area contributed by atoms with E-state index >= 15 is 0 Å². The van der Waals surface area contributed by atoms with Crippen LogP contribution in [0, 0.1) is 6.92 Å². The highest BCUT2D eigenvalue weighted by Gasteiger charge is 2.16. The molecule has 0 aliphatic heterocycles. The summed E-state index contributed by atoms with van der Waals surface area (Å²) in [6.07, 6.45) is 0. The Morgan fingerprint density at radius 3 is 2.65 bits per heavy atom. The largest absolute Gasteiger partial charge is 0.439 e. The maximum atomic E-state index is 6.17. The number of aryl methyl sites for hydroxylation is 2. The lowest BCUT2D eigenvalue weighted by atomic mass is 10.0. The van der Waals surface area contributed by atoms with Gasteiger partial charge in [0.05, 0.1) is 11.3 Å². The zero-order valence-electron chi connectivity index (χ0n) is 12.9. The quantitative estimate of drug-likeness (QED) is 0.908. The zero-order valence-corrected chi connectivity index (χ0v) is 12.9. The second-order valence-corrected chi connectivity index (χ2v) is 5.32. The standard InChI is InChI=1S/C16H23N3O/c1-11(2)13-8-6-7-9-15(13)20-16-14(10-17-4)12(3)18-19(16)5/h6-9,11,17H,10H2,1-5H3. The fourth-order valence-electron chi connectivity index (χ4n) is 2.34. The van der Waals surface area contributed by atoms with Crippen molar-refractivity contribution in [3.8, 4) is 11.6 Å². The van der Waals surface area contributed by atoms with Crippen LogP contribution in [0.25, 0.3) is 0 Å². The fourth-order valence-corrected chi connectivity index (χ4v) is 2.34. The number of para-hydroxylation sites is 1. The van der Waals surface area contributed by atoms with Crippen molar-refractivity contribution in [2.45, 2.75) is 33.2 Å². The highest BCUT2D eigenvalue weighted by molar-refractivity contribution is 5.41. The molecule has 2 rings (SSSR count). The van der Waals surface area contributed by atoms with Gasteiger partial charge in [0.15, 0.2) is 0 Å². The fraction of sp³-hybridized carbons (Fsp3) is 0.438. The number of ether oxygens (including phenoxy) is 1. The van der Waals surface area contributed by atoms with Crippen molar-refractivity contribution >= 4 is 0 Å². The second kappa shape index (κ2) is 6.09. The molecule has 0 aliphatic rings. The van der Waals surface area contributed by atoms with E-state index in [1.54, 1.807) is 4.68 Å². The Kier molecular flexibility index (Phi) is 4.45. The van der Waals surface area contributed by atoms with Crippen molar-refractivity contribution in [3.05, 3.63) is 41.1 Å². The van der Waals surface area contributed by atoms with Gasteiger partial charge in [-0.1, -0.05) is 32.0 Å². The van der Waals surface area contributed by atoms with E-state index in [1.807, 2.05) is 39.2 Å². The summed E-state index contributed by atoms with van der Waals surface area (Å²) >= 11 is 0. The topological polar surface area (TPSA) is 39.1 Å². The van der Waals surface area contributed by atoms with Crippen molar-refractivity contribution in [1.29, 1.82) is 0 Å². The molecule has 0 atom stereocenters. The van der Waals surface area contributed by atoms with Crippen LogP contribution in [-0.4, -0.2) is 16.8 Å². The third-order valence-corrected chi connectivity index (χ3v) is 3.39. The maximum Gasteiger partial charge on any atom is 0.222 e. The molecule has 4 nitrogen and oxygen atoms in total. The first kappa shape index (κ1) is 14.6. The highest BCUT2D eigenvalue weighted by atomic mass is 16.5. The molecule has 0 saturated heterocycles. The number of hydrogen-bond acceptors (Lipinski definition) is 3. The minimum Gasteiger partial charge on any atom is -0.439 e. The van der Waals surface area contributed by atoms with Gasteiger partial charge in [-0.15, -0.1) is 0 Å². The van der Waals surface area contributed by atoms with Crippen molar-refractivity contribution < 1.29 is 4.74 Å². The van der Waals surface area contributed by atoms with Gasteiger partial charge in [-0.25, -0.2) is 4.68 Å². The number of hydrogen-bond donors (Lipinski definition) is 1. The first-order chi connectivity index (χ1) is 9.54. The molecular weight excluding hydrogens is 250 g/mol. The normalized spacial score (nSPS) is 11.1. The smallest absolute Gasteiger partial charge is 0.222 e. The number of nitrogens with zero attached hydrogens (tertiary/aromatic N) is 2. The minimum atomic E-state index is 0.424. The van der Waals surface area contributed by atoms with Crippen molar-refractivity contribution in [3.63, 3.8) is 0 Å². The number of nitrogens with one attached hydrogen (secondary N) is 1. The lowest BCUT2D eigenvalue weighted by Crippen LogP contribution is -2.07. The average molecular weight is 273 g/mol. The van der Waals surface area contributed by atoms with E-state index in [4.69, 9.17) is 4.74 Å². The Bertz CT molecular complexity index is 587. The van der Waals surface area contributed by atoms with E-state index < -0.39 is 0 Å². The molecule has 1 heterocycles. The van der Waals surface area contributed by atoms with Crippen LogP contribution in [0.2, 0.25) is 0 Å². The predicted octanol–water partition coefficient (Wildman–Crippen LogP) is 3.36. The molecule has 0 aliphatic carbocycles. The molecule has 0 radical (unpaired) electrons. The first-order valence-electron chi connectivity index (χ1n) is 6.98. The van der Waals surface area contributed by atoms with Gasteiger partial charge in [-0.3, -0.25) is 0 Å². The van der Waals surface area contributed by atoms with Crippen LogP contribution in [0.5, 0.6) is 11.6 Å². The molecule has 108 valence electrons. The lowest BCUT2D eigenvalue weighted by Gasteiger charge is -2.14. The Morgan fingerprint density at radius 1 is 1.30 bits per heavy atom. The molecule has 1 aromatic carbocycles. The summed E-state index contributed by atoms with van der Waals surface area (Å²) < 4.78 is 7.97. The molecule has 0 amide bonds.